The largest absolute Gasteiger partial charge is 0.393 e. The predicted molar refractivity (Wildman–Crippen MR) is 74.5 cm³/mol. The summed E-state index contributed by atoms with van der Waals surface area (Å²) in [6, 6.07) is 3.94. The Kier molecular flexibility index (Phi) is 4.91. The lowest BCUT2D eigenvalue weighted by atomic mass is 9.83. The van der Waals surface area contributed by atoms with Gasteiger partial charge < -0.3 is 5.32 Å². The Morgan fingerprint density at radius 2 is 1.86 bits per heavy atom. The van der Waals surface area contributed by atoms with Crippen molar-refractivity contribution in [1.29, 1.82) is 0 Å². The highest BCUT2D eigenvalue weighted by Gasteiger charge is 2.45. The van der Waals surface area contributed by atoms with Crippen molar-refractivity contribution in [3.63, 3.8) is 0 Å². The van der Waals surface area contributed by atoms with Gasteiger partial charge in [0.05, 0.1) is 5.92 Å². The molecule has 1 aliphatic rings. The third-order valence-corrected chi connectivity index (χ3v) is 4.35. The van der Waals surface area contributed by atoms with Crippen LogP contribution in [0.25, 0.3) is 0 Å². The molecule has 2 rings (SSSR count). The summed E-state index contributed by atoms with van der Waals surface area (Å²) in [5, 5.41) is 3.05. The van der Waals surface area contributed by atoms with Gasteiger partial charge in [0, 0.05) is 12.1 Å². The zero-order valence-electron chi connectivity index (χ0n) is 12.3. The summed E-state index contributed by atoms with van der Waals surface area (Å²) < 4.78 is 52.8. The Hall–Kier alpha value is -1.10. The first kappa shape index (κ1) is 16.3. The van der Waals surface area contributed by atoms with Crippen LogP contribution in [-0.2, 0) is 0 Å². The van der Waals surface area contributed by atoms with E-state index in [1.54, 1.807) is 26.0 Å². The second-order valence-electron chi connectivity index (χ2n) is 5.94. The number of hydrogen-bond donors (Lipinski definition) is 1. The third-order valence-electron chi connectivity index (χ3n) is 4.35. The van der Waals surface area contributed by atoms with E-state index in [0.29, 0.717) is 24.0 Å². The fraction of sp³-hybridized carbons (Fsp3) is 0.625. The lowest BCUT2D eigenvalue weighted by molar-refractivity contribution is -0.189. The number of aryl methyl sites for hydroxylation is 1. The van der Waals surface area contributed by atoms with Crippen LogP contribution in [0.2, 0.25) is 0 Å². The van der Waals surface area contributed by atoms with Crippen molar-refractivity contribution < 1.29 is 17.6 Å². The van der Waals surface area contributed by atoms with Crippen molar-refractivity contribution >= 4 is 0 Å². The lowest BCUT2D eigenvalue weighted by Crippen LogP contribution is -2.46. The molecular weight excluding hydrogens is 282 g/mol. The van der Waals surface area contributed by atoms with Crippen LogP contribution in [-0.4, -0.2) is 12.2 Å². The van der Waals surface area contributed by atoms with E-state index < -0.39 is 18.1 Å². The van der Waals surface area contributed by atoms with Gasteiger partial charge in [0.15, 0.2) is 0 Å². The Labute approximate surface area is 122 Å². The molecule has 1 aromatic rings. The number of benzene rings is 1. The second-order valence-corrected chi connectivity index (χ2v) is 5.94. The lowest BCUT2D eigenvalue weighted by Gasteiger charge is -2.35. The molecule has 5 heteroatoms. The number of alkyl halides is 3. The Balaban J connectivity index is 2.09. The first-order chi connectivity index (χ1) is 9.79. The molecule has 0 saturated heterocycles. The van der Waals surface area contributed by atoms with E-state index in [0.717, 1.165) is 6.42 Å². The van der Waals surface area contributed by atoms with Gasteiger partial charge in [-0.1, -0.05) is 25.0 Å². The molecule has 1 saturated carbocycles. The van der Waals surface area contributed by atoms with E-state index in [1.165, 1.54) is 6.07 Å². The van der Waals surface area contributed by atoms with Crippen LogP contribution in [0.4, 0.5) is 17.6 Å². The van der Waals surface area contributed by atoms with Gasteiger partial charge in [0.25, 0.3) is 0 Å². The predicted octanol–water partition coefficient (Wildman–Crippen LogP) is 4.91. The number of hydrogen-bond acceptors (Lipinski definition) is 1. The Morgan fingerprint density at radius 1 is 1.19 bits per heavy atom. The van der Waals surface area contributed by atoms with E-state index in [9.17, 15) is 17.6 Å². The summed E-state index contributed by atoms with van der Waals surface area (Å²) in [5.41, 5.74) is 1.22. The minimum atomic E-state index is -4.17. The van der Waals surface area contributed by atoms with Crippen LogP contribution in [0.3, 0.4) is 0 Å². The summed E-state index contributed by atoms with van der Waals surface area (Å²) >= 11 is 0. The zero-order chi connectivity index (χ0) is 15.6. The summed E-state index contributed by atoms with van der Waals surface area (Å²) in [7, 11) is 0. The summed E-state index contributed by atoms with van der Waals surface area (Å²) in [6.45, 7) is 3.45. The van der Waals surface area contributed by atoms with E-state index in [4.69, 9.17) is 0 Å². The van der Waals surface area contributed by atoms with Gasteiger partial charge in [-0.2, -0.15) is 13.2 Å². The molecule has 0 radical (unpaired) electrons. The Bertz CT molecular complexity index is 484. The molecule has 118 valence electrons. The highest BCUT2D eigenvalue weighted by molar-refractivity contribution is 5.25. The number of nitrogens with one attached hydrogen (secondary N) is 1. The van der Waals surface area contributed by atoms with Crippen LogP contribution in [0.1, 0.15) is 49.8 Å². The molecule has 0 heterocycles. The summed E-state index contributed by atoms with van der Waals surface area (Å²) in [6.07, 6.45) is -2.05. The zero-order valence-corrected chi connectivity index (χ0v) is 12.3. The molecule has 1 nitrogen and oxygen atoms in total. The van der Waals surface area contributed by atoms with Gasteiger partial charge >= 0.3 is 6.18 Å². The van der Waals surface area contributed by atoms with E-state index in [2.05, 4.69) is 5.32 Å². The smallest absolute Gasteiger partial charge is 0.307 e. The maximum atomic E-state index is 13.6. The quantitative estimate of drug-likeness (QED) is 0.783. The minimum Gasteiger partial charge on any atom is -0.307 e. The second kappa shape index (κ2) is 6.34. The van der Waals surface area contributed by atoms with E-state index in [1.807, 2.05) is 0 Å². The van der Waals surface area contributed by atoms with Crippen molar-refractivity contribution in [3.05, 3.63) is 35.1 Å². The van der Waals surface area contributed by atoms with Gasteiger partial charge in [-0.15, -0.1) is 0 Å². The summed E-state index contributed by atoms with van der Waals surface area (Å²) in [4.78, 5) is 0. The molecule has 0 spiro atoms. The van der Waals surface area contributed by atoms with Gasteiger partial charge in [0.1, 0.15) is 5.82 Å². The molecule has 3 atom stereocenters. The molecule has 0 aliphatic heterocycles. The molecular formula is C16H21F4N. The average molecular weight is 303 g/mol. The topological polar surface area (TPSA) is 12.0 Å². The van der Waals surface area contributed by atoms with Crippen molar-refractivity contribution in [2.24, 2.45) is 5.92 Å². The molecule has 1 fully saturated rings. The van der Waals surface area contributed by atoms with Gasteiger partial charge in [-0.05, 0) is 43.9 Å². The fourth-order valence-electron chi connectivity index (χ4n) is 3.02. The van der Waals surface area contributed by atoms with Crippen LogP contribution < -0.4 is 5.32 Å². The molecule has 0 bridgehead atoms. The van der Waals surface area contributed by atoms with Gasteiger partial charge in [-0.25, -0.2) is 4.39 Å². The van der Waals surface area contributed by atoms with Crippen LogP contribution in [0, 0.1) is 18.7 Å². The molecule has 0 aromatic heterocycles. The average Bonchev–Trinajstić information content (AvgIpc) is 2.41. The first-order valence-corrected chi connectivity index (χ1v) is 7.38. The highest BCUT2D eigenvalue weighted by Crippen LogP contribution is 2.38. The van der Waals surface area contributed by atoms with Crippen LogP contribution in [0.5, 0.6) is 0 Å². The van der Waals surface area contributed by atoms with Crippen molar-refractivity contribution in [2.45, 2.75) is 57.8 Å². The fourth-order valence-corrected chi connectivity index (χ4v) is 3.02. The molecule has 1 aliphatic carbocycles. The number of rotatable bonds is 3. The first-order valence-electron chi connectivity index (χ1n) is 7.38. The minimum absolute atomic E-state index is 0.177. The van der Waals surface area contributed by atoms with Gasteiger partial charge in [-0.3, -0.25) is 0 Å². The van der Waals surface area contributed by atoms with Crippen molar-refractivity contribution in [3.8, 4) is 0 Å². The molecule has 0 amide bonds. The molecule has 1 aromatic carbocycles. The maximum Gasteiger partial charge on any atom is 0.393 e. The SMILES string of the molecule is Cc1ccc(C(C)NC2CCCCC2C(F)(F)F)cc1F. The monoisotopic (exact) mass is 303 g/mol. The van der Waals surface area contributed by atoms with Crippen molar-refractivity contribution in [1.82, 2.24) is 5.32 Å². The van der Waals surface area contributed by atoms with Crippen LogP contribution in [0.15, 0.2) is 18.2 Å². The highest BCUT2D eigenvalue weighted by atomic mass is 19.4. The normalized spacial score (nSPS) is 24.9. The van der Waals surface area contributed by atoms with Crippen molar-refractivity contribution in [2.75, 3.05) is 0 Å². The summed E-state index contributed by atoms with van der Waals surface area (Å²) in [5.74, 6) is -1.62. The third kappa shape index (κ3) is 3.96. The Morgan fingerprint density at radius 3 is 2.48 bits per heavy atom. The molecule has 3 unspecified atom stereocenters. The van der Waals surface area contributed by atoms with Gasteiger partial charge in [0.2, 0.25) is 0 Å². The molecule has 21 heavy (non-hydrogen) atoms. The van der Waals surface area contributed by atoms with Crippen LogP contribution >= 0.6 is 0 Å². The maximum absolute atomic E-state index is 13.6. The molecule has 1 N–H and O–H groups in total. The van der Waals surface area contributed by atoms with E-state index in [-0.39, 0.29) is 18.3 Å². The standard InChI is InChI=1S/C16H21F4N/c1-10-7-8-12(9-14(10)17)11(2)21-15-6-4-3-5-13(15)16(18,19)20/h7-9,11,13,15,21H,3-6H2,1-2H3. The van der Waals surface area contributed by atoms with E-state index >= 15 is 0 Å². The number of halogens is 4.